The van der Waals surface area contributed by atoms with Crippen molar-refractivity contribution >= 4 is 7.82 Å². The van der Waals surface area contributed by atoms with Crippen LogP contribution >= 0.6 is 7.82 Å². The summed E-state index contributed by atoms with van der Waals surface area (Å²) in [5, 5.41) is 0. The summed E-state index contributed by atoms with van der Waals surface area (Å²) in [6, 6.07) is 0. The lowest BCUT2D eigenvalue weighted by Crippen LogP contribution is -2.31. The van der Waals surface area contributed by atoms with Crippen LogP contribution < -0.4 is 0 Å². The van der Waals surface area contributed by atoms with Crippen molar-refractivity contribution in [1.82, 2.24) is 0 Å². The van der Waals surface area contributed by atoms with E-state index < -0.39 is 13.4 Å². The van der Waals surface area contributed by atoms with Gasteiger partial charge < -0.3 is 9.79 Å². The van der Waals surface area contributed by atoms with E-state index in [2.05, 4.69) is 13.8 Å². The van der Waals surface area contributed by atoms with Crippen molar-refractivity contribution in [2.45, 2.75) is 123 Å². The molecule has 0 unspecified atom stereocenters. The molecule has 5 heteroatoms. The zero-order chi connectivity index (χ0) is 18.3. The first-order valence-corrected chi connectivity index (χ1v) is 11.7. The molecule has 0 rings (SSSR count). The molecule has 0 fully saturated rings. The Morgan fingerprint density at radius 1 is 0.708 bits per heavy atom. The number of phosphoric acid groups is 1. The smallest absolute Gasteiger partial charge is 0.303 e. The third kappa shape index (κ3) is 13.4. The van der Waals surface area contributed by atoms with E-state index in [4.69, 9.17) is 4.52 Å². The van der Waals surface area contributed by atoms with Gasteiger partial charge in [0.1, 0.15) is 0 Å². The summed E-state index contributed by atoms with van der Waals surface area (Å²) >= 11 is 0. The van der Waals surface area contributed by atoms with Crippen LogP contribution in [-0.4, -0.2) is 15.4 Å². The van der Waals surface area contributed by atoms with Crippen molar-refractivity contribution in [3.63, 3.8) is 0 Å². The van der Waals surface area contributed by atoms with E-state index in [1.165, 1.54) is 51.4 Å². The highest BCUT2D eigenvalue weighted by molar-refractivity contribution is 7.46. The van der Waals surface area contributed by atoms with Gasteiger partial charge >= 0.3 is 7.82 Å². The van der Waals surface area contributed by atoms with Crippen LogP contribution in [0.25, 0.3) is 0 Å². The Labute approximate surface area is 150 Å². The van der Waals surface area contributed by atoms with E-state index in [-0.39, 0.29) is 0 Å². The summed E-state index contributed by atoms with van der Waals surface area (Å²) in [4.78, 5) is 18.6. The number of rotatable bonds is 17. The molecule has 24 heavy (non-hydrogen) atoms. The fourth-order valence-electron chi connectivity index (χ4n) is 3.34. The molecule has 0 saturated carbocycles. The van der Waals surface area contributed by atoms with Crippen molar-refractivity contribution in [3.05, 3.63) is 0 Å². The number of hydrogen-bond donors (Lipinski definition) is 2. The first-order valence-electron chi connectivity index (χ1n) is 10.2. The second kappa shape index (κ2) is 14.3. The Morgan fingerprint density at radius 3 is 1.42 bits per heavy atom. The predicted octanol–water partition coefficient (Wildman–Crippen LogP) is 6.75. The van der Waals surface area contributed by atoms with Crippen LogP contribution in [0, 0.1) is 0 Å². The van der Waals surface area contributed by atoms with E-state index >= 15 is 0 Å². The zero-order valence-electron chi connectivity index (χ0n) is 16.3. The molecule has 0 saturated heterocycles. The van der Waals surface area contributed by atoms with E-state index in [0.29, 0.717) is 6.42 Å². The molecule has 0 radical (unpaired) electrons. The second-order valence-corrected chi connectivity index (χ2v) is 8.32. The molecule has 0 atom stereocenters. The SMILES string of the molecule is CCCCCCCCC(CC)(CCCCCCCC)OP(=O)(O)O. The van der Waals surface area contributed by atoms with E-state index in [9.17, 15) is 14.4 Å². The Bertz CT molecular complexity index is 311. The van der Waals surface area contributed by atoms with E-state index in [1.54, 1.807) is 0 Å². The fourth-order valence-corrected chi connectivity index (χ4v) is 4.16. The molecule has 4 nitrogen and oxygen atoms in total. The van der Waals surface area contributed by atoms with Crippen LogP contribution in [0.4, 0.5) is 0 Å². The molecular formula is C19H41O4P. The van der Waals surface area contributed by atoms with Gasteiger partial charge in [-0.3, -0.25) is 4.52 Å². The second-order valence-electron chi connectivity index (χ2n) is 7.15. The first kappa shape index (κ1) is 24.1. The third-order valence-electron chi connectivity index (χ3n) is 4.93. The maximum atomic E-state index is 11.4. The summed E-state index contributed by atoms with van der Waals surface area (Å²) in [7, 11) is -4.44. The highest BCUT2D eigenvalue weighted by Crippen LogP contribution is 2.46. The molecule has 0 heterocycles. The topological polar surface area (TPSA) is 66.8 Å². The highest BCUT2D eigenvalue weighted by atomic mass is 31.2. The van der Waals surface area contributed by atoms with Gasteiger partial charge in [-0.05, 0) is 19.3 Å². The molecule has 0 aliphatic rings. The Hall–Kier alpha value is 0.110. The largest absolute Gasteiger partial charge is 0.470 e. The Kier molecular flexibility index (Phi) is 14.4. The molecule has 146 valence electrons. The van der Waals surface area contributed by atoms with Crippen molar-refractivity contribution < 1.29 is 18.9 Å². The summed E-state index contributed by atoms with van der Waals surface area (Å²) in [5.41, 5.74) is -0.644. The Morgan fingerprint density at radius 2 is 1.08 bits per heavy atom. The molecule has 0 aliphatic heterocycles. The maximum absolute atomic E-state index is 11.4. The average Bonchev–Trinajstić information content (AvgIpc) is 2.52. The number of hydrogen-bond acceptors (Lipinski definition) is 2. The van der Waals surface area contributed by atoms with Crippen molar-refractivity contribution in [2.75, 3.05) is 0 Å². The summed E-state index contributed by atoms with van der Waals surface area (Å²) < 4.78 is 16.7. The van der Waals surface area contributed by atoms with Crippen LogP contribution in [0.1, 0.15) is 117 Å². The predicted molar refractivity (Wildman–Crippen MR) is 102 cm³/mol. The molecule has 0 aromatic carbocycles. The lowest BCUT2D eigenvalue weighted by Gasteiger charge is -2.33. The van der Waals surface area contributed by atoms with Gasteiger partial charge in [0.05, 0.1) is 5.60 Å². The van der Waals surface area contributed by atoms with Crippen molar-refractivity contribution in [1.29, 1.82) is 0 Å². The van der Waals surface area contributed by atoms with Gasteiger partial charge in [0, 0.05) is 0 Å². The van der Waals surface area contributed by atoms with Gasteiger partial charge in [-0.15, -0.1) is 0 Å². The summed E-state index contributed by atoms with van der Waals surface area (Å²) in [6.07, 6.45) is 16.4. The van der Waals surface area contributed by atoms with Crippen LogP contribution in [-0.2, 0) is 9.09 Å². The molecule has 0 aromatic rings. The zero-order valence-corrected chi connectivity index (χ0v) is 17.2. The lowest BCUT2D eigenvalue weighted by molar-refractivity contribution is 0.0113. The minimum atomic E-state index is -4.44. The fraction of sp³-hybridized carbons (Fsp3) is 1.00. The maximum Gasteiger partial charge on any atom is 0.470 e. The van der Waals surface area contributed by atoms with Crippen molar-refractivity contribution in [3.8, 4) is 0 Å². The van der Waals surface area contributed by atoms with Gasteiger partial charge in [0.2, 0.25) is 0 Å². The minimum Gasteiger partial charge on any atom is -0.303 e. The number of unbranched alkanes of at least 4 members (excludes halogenated alkanes) is 10. The standard InChI is InChI=1S/C19H41O4P/c1-4-7-9-11-13-15-17-19(6-3,23-24(20,21)22)18-16-14-12-10-8-5-2/h4-18H2,1-3H3,(H2,20,21,22). The minimum absolute atomic E-state index is 0.644. The molecule has 2 N–H and O–H groups in total. The molecular weight excluding hydrogens is 323 g/mol. The quantitative estimate of drug-likeness (QED) is 0.221. The summed E-state index contributed by atoms with van der Waals surface area (Å²) in [6.45, 7) is 6.40. The summed E-state index contributed by atoms with van der Waals surface area (Å²) in [5.74, 6) is 0. The van der Waals surface area contributed by atoms with Gasteiger partial charge in [-0.2, -0.15) is 0 Å². The molecule has 0 spiro atoms. The van der Waals surface area contributed by atoms with Gasteiger partial charge in [-0.25, -0.2) is 4.57 Å². The lowest BCUT2D eigenvalue weighted by atomic mass is 9.87. The Balaban J connectivity index is 4.34. The van der Waals surface area contributed by atoms with E-state index in [1.807, 2.05) is 6.92 Å². The van der Waals surface area contributed by atoms with Crippen LogP contribution in [0.15, 0.2) is 0 Å². The van der Waals surface area contributed by atoms with Gasteiger partial charge in [0.25, 0.3) is 0 Å². The monoisotopic (exact) mass is 364 g/mol. The molecule has 0 aliphatic carbocycles. The molecule has 0 aromatic heterocycles. The van der Waals surface area contributed by atoms with Crippen molar-refractivity contribution in [2.24, 2.45) is 0 Å². The average molecular weight is 365 g/mol. The van der Waals surface area contributed by atoms with E-state index in [0.717, 1.165) is 38.5 Å². The molecule has 0 amide bonds. The normalized spacial score (nSPS) is 12.7. The van der Waals surface area contributed by atoms with Crippen LogP contribution in [0.2, 0.25) is 0 Å². The first-order chi connectivity index (χ1) is 11.4. The van der Waals surface area contributed by atoms with Gasteiger partial charge in [0.15, 0.2) is 0 Å². The van der Waals surface area contributed by atoms with Crippen LogP contribution in [0.3, 0.4) is 0 Å². The molecule has 0 bridgehead atoms. The van der Waals surface area contributed by atoms with Crippen LogP contribution in [0.5, 0.6) is 0 Å². The van der Waals surface area contributed by atoms with Gasteiger partial charge in [-0.1, -0.05) is 97.8 Å². The third-order valence-corrected chi connectivity index (χ3v) is 5.55. The number of phosphoric ester groups is 1. The highest BCUT2D eigenvalue weighted by Gasteiger charge is 2.35.